The van der Waals surface area contributed by atoms with Crippen LogP contribution in [0.1, 0.15) is 11.8 Å². The number of hydrogen-bond donors (Lipinski definition) is 1. The fraction of sp³-hybridized carbons (Fsp3) is 0.444. The van der Waals surface area contributed by atoms with Gasteiger partial charge in [-0.15, -0.1) is 11.3 Å². The van der Waals surface area contributed by atoms with Gasteiger partial charge in [-0.05, 0) is 6.92 Å². The first-order chi connectivity index (χ1) is 8.65. The third-order valence-electron chi connectivity index (χ3n) is 2.68. The van der Waals surface area contributed by atoms with E-state index in [4.69, 9.17) is 11.6 Å². The lowest BCUT2D eigenvalue weighted by Gasteiger charge is -2.24. The lowest BCUT2D eigenvalue weighted by Crippen LogP contribution is -2.56. The number of nitrogens with zero attached hydrogens (tertiary/aromatic N) is 2. The average molecular weight is 314 g/mol. The molecule has 2 heterocycles. The van der Waals surface area contributed by atoms with Crippen molar-refractivity contribution in [3.63, 3.8) is 0 Å². The fourth-order valence-electron chi connectivity index (χ4n) is 1.55. The van der Waals surface area contributed by atoms with Crippen molar-refractivity contribution >= 4 is 34.9 Å². The highest BCUT2D eigenvalue weighted by molar-refractivity contribution is 7.15. The van der Waals surface area contributed by atoms with Crippen molar-refractivity contribution in [3.8, 4) is 0 Å². The van der Waals surface area contributed by atoms with Crippen LogP contribution in [0, 0.1) is 0 Å². The van der Waals surface area contributed by atoms with Gasteiger partial charge in [0.1, 0.15) is 0 Å². The number of alkyl halides is 3. The van der Waals surface area contributed by atoms with Gasteiger partial charge in [0.25, 0.3) is 5.91 Å². The summed E-state index contributed by atoms with van der Waals surface area (Å²) in [6.07, 6.45) is -3.56. The Hall–Kier alpha value is -1.35. The number of hydrogen-bond acceptors (Lipinski definition) is 4. The Morgan fingerprint density at radius 1 is 1.53 bits per heavy atom. The van der Waals surface area contributed by atoms with Crippen molar-refractivity contribution in [2.24, 2.45) is 0 Å². The summed E-state index contributed by atoms with van der Waals surface area (Å²) < 4.78 is 38.6. The summed E-state index contributed by atoms with van der Waals surface area (Å²) >= 11 is 6.56. The topological polar surface area (TPSA) is 62.3 Å². The smallest absolute Gasteiger partial charge is 0.316 e. The van der Waals surface area contributed by atoms with E-state index in [2.05, 4.69) is 4.98 Å². The SMILES string of the molecule is CC1(C(F)(F)F)NC(=O)N(Cc2cnc(Cl)s2)C1=O. The van der Waals surface area contributed by atoms with E-state index in [9.17, 15) is 22.8 Å². The number of carbonyl (C=O) groups excluding carboxylic acids is 2. The summed E-state index contributed by atoms with van der Waals surface area (Å²) in [4.78, 5) is 27.9. The van der Waals surface area contributed by atoms with Crippen LogP contribution >= 0.6 is 22.9 Å². The Kier molecular flexibility index (Phi) is 3.21. The monoisotopic (exact) mass is 313 g/mol. The molecule has 0 aliphatic carbocycles. The van der Waals surface area contributed by atoms with Crippen LogP contribution in [0.25, 0.3) is 0 Å². The van der Waals surface area contributed by atoms with E-state index in [0.717, 1.165) is 11.3 Å². The number of aromatic nitrogens is 1. The number of halogens is 4. The maximum absolute atomic E-state index is 12.8. The quantitative estimate of drug-likeness (QED) is 0.851. The van der Waals surface area contributed by atoms with Crippen molar-refractivity contribution < 1.29 is 22.8 Å². The molecule has 1 aliphatic heterocycles. The van der Waals surface area contributed by atoms with E-state index >= 15 is 0 Å². The van der Waals surface area contributed by atoms with Crippen molar-refractivity contribution in [3.05, 3.63) is 15.5 Å². The van der Waals surface area contributed by atoms with E-state index in [1.54, 1.807) is 5.32 Å². The highest BCUT2D eigenvalue weighted by Crippen LogP contribution is 2.36. The number of imide groups is 1. The minimum absolute atomic E-state index is 0.181. The third-order valence-corrected chi connectivity index (χ3v) is 3.78. The van der Waals surface area contributed by atoms with Crippen LogP contribution in [0.15, 0.2) is 6.20 Å². The first kappa shape index (κ1) is 14.1. The van der Waals surface area contributed by atoms with Crippen LogP contribution in [0.4, 0.5) is 18.0 Å². The minimum Gasteiger partial charge on any atom is -0.316 e. The summed E-state index contributed by atoms with van der Waals surface area (Å²) in [6.45, 7) is 0.341. The molecule has 0 bridgehead atoms. The number of rotatable bonds is 2. The predicted octanol–water partition coefficient (Wildman–Crippen LogP) is 2.17. The highest BCUT2D eigenvalue weighted by atomic mass is 35.5. The normalized spacial score (nSPS) is 23.9. The number of amides is 3. The fourth-order valence-corrected chi connectivity index (χ4v) is 2.51. The molecule has 0 aromatic carbocycles. The predicted molar refractivity (Wildman–Crippen MR) is 60.7 cm³/mol. The van der Waals surface area contributed by atoms with Crippen molar-refractivity contribution in [1.82, 2.24) is 15.2 Å². The summed E-state index contributed by atoms with van der Waals surface area (Å²) in [7, 11) is 0. The minimum atomic E-state index is -4.86. The zero-order valence-corrected chi connectivity index (χ0v) is 11.0. The molecular formula is C9H7ClF3N3O2S. The molecule has 1 aromatic heterocycles. The van der Waals surface area contributed by atoms with Crippen LogP contribution in [-0.2, 0) is 11.3 Å². The molecule has 0 saturated carbocycles. The second-order valence-electron chi connectivity index (χ2n) is 4.02. The van der Waals surface area contributed by atoms with Crippen molar-refractivity contribution in [2.75, 3.05) is 0 Å². The van der Waals surface area contributed by atoms with Gasteiger partial charge in [-0.25, -0.2) is 9.78 Å². The summed E-state index contributed by atoms with van der Waals surface area (Å²) in [6, 6.07) is -1.09. The molecule has 0 radical (unpaired) electrons. The van der Waals surface area contributed by atoms with Crippen LogP contribution in [0.3, 0.4) is 0 Å². The second-order valence-corrected chi connectivity index (χ2v) is 5.72. The molecule has 3 amide bonds. The Morgan fingerprint density at radius 3 is 2.58 bits per heavy atom. The first-order valence-electron chi connectivity index (χ1n) is 4.96. The molecule has 1 N–H and O–H groups in total. The van der Waals surface area contributed by atoms with E-state index in [1.165, 1.54) is 6.20 Å². The van der Waals surface area contributed by atoms with Gasteiger partial charge in [0.2, 0.25) is 5.54 Å². The summed E-state index contributed by atoms with van der Waals surface area (Å²) in [5, 5.41) is 1.66. The second kappa shape index (κ2) is 4.34. The standard InChI is InChI=1S/C9H7ClF3N3O2S/c1-8(9(11,12)13)5(17)16(7(18)15-8)3-4-2-14-6(10)19-4/h2H,3H2,1H3,(H,15,18). The van der Waals surface area contributed by atoms with Gasteiger partial charge in [-0.3, -0.25) is 9.69 Å². The molecule has 104 valence electrons. The van der Waals surface area contributed by atoms with Gasteiger partial charge in [0.05, 0.1) is 6.54 Å². The molecule has 1 aromatic rings. The highest BCUT2D eigenvalue weighted by Gasteiger charge is 2.64. The van der Waals surface area contributed by atoms with E-state index in [-0.39, 0.29) is 11.0 Å². The van der Waals surface area contributed by atoms with Gasteiger partial charge in [0, 0.05) is 11.1 Å². The number of urea groups is 1. The Balaban J connectivity index is 2.24. The lowest BCUT2D eigenvalue weighted by molar-refractivity contribution is -0.191. The number of carbonyl (C=O) groups is 2. The zero-order chi connectivity index (χ0) is 14.4. The molecule has 1 unspecified atom stereocenters. The Labute approximate surface area is 114 Å². The molecule has 10 heteroatoms. The molecule has 1 saturated heterocycles. The molecule has 1 atom stereocenters. The van der Waals surface area contributed by atoms with Gasteiger partial charge >= 0.3 is 12.2 Å². The molecule has 2 rings (SSSR count). The Bertz CT molecular complexity index is 547. The zero-order valence-electron chi connectivity index (χ0n) is 9.42. The van der Waals surface area contributed by atoms with E-state index < -0.39 is 23.7 Å². The maximum Gasteiger partial charge on any atom is 0.420 e. The maximum atomic E-state index is 12.8. The van der Waals surface area contributed by atoms with Gasteiger partial charge < -0.3 is 5.32 Å². The molecular weight excluding hydrogens is 307 g/mol. The third kappa shape index (κ3) is 2.27. The van der Waals surface area contributed by atoms with Gasteiger partial charge in [-0.1, -0.05) is 11.6 Å². The first-order valence-corrected chi connectivity index (χ1v) is 6.15. The molecule has 1 aliphatic rings. The summed E-state index contributed by atoms with van der Waals surface area (Å²) in [5.41, 5.74) is -2.89. The molecule has 0 spiro atoms. The molecule has 1 fully saturated rings. The lowest BCUT2D eigenvalue weighted by atomic mass is 10.0. The number of nitrogens with one attached hydrogen (secondary N) is 1. The van der Waals surface area contributed by atoms with Crippen LogP contribution in [0.2, 0.25) is 4.47 Å². The van der Waals surface area contributed by atoms with Crippen molar-refractivity contribution in [1.29, 1.82) is 0 Å². The van der Waals surface area contributed by atoms with Crippen LogP contribution < -0.4 is 5.32 Å². The van der Waals surface area contributed by atoms with E-state index in [1.807, 2.05) is 0 Å². The average Bonchev–Trinajstić information content (AvgIpc) is 2.76. The van der Waals surface area contributed by atoms with E-state index in [0.29, 0.717) is 16.7 Å². The Morgan fingerprint density at radius 2 is 2.16 bits per heavy atom. The van der Waals surface area contributed by atoms with Crippen LogP contribution in [0.5, 0.6) is 0 Å². The summed E-state index contributed by atoms with van der Waals surface area (Å²) in [5.74, 6) is -1.34. The van der Waals surface area contributed by atoms with Gasteiger partial charge in [-0.2, -0.15) is 13.2 Å². The van der Waals surface area contributed by atoms with Gasteiger partial charge in [0.15, 0.2) is 4.47 Å². The van der Waals surface area contributed by atoms with Crippen molar-refractivity contribution in [2.45, 2.75) is 25.2 Å². The number of thiazole rings is 1. The molecule has 19 heavy (non-hydrogen) atoms. The largest absolute Gasteiger partial charge is 0.420 e. The van der Waals surface area contributed by atoms with Crippen LogP contribution in [-0.4, -0.2) is 33.5 Å². The molecule has 5 nitrogen and oxygen atoms in total.